The van der Waals surface area contributed by atoms with Gasteiger partial charge in [-0.3, -0.25) is 28.8 Å². The van der Waals surface area contributed by atoms with Gasteiger partial charge in [-0.15, -0.1) is 0 Å². The number of aliphatic hydroxyl groups is 9. The predicted octanol–water partition coefficient (Wildman–Crippen LogP) is -7.45. The highest BCUT2D eigenvalue weighted by molar-refractivity contribution is 5.78. The smallest absolute Gasteiger partial charge is 0.222 e. The molecule has 0 saturated carbocycles. The fourth-order valence-electron chi connectivity index (χ4n) is 9.12. The number of carbonyl (C=O) groups is 6. The second-order valence-electron chi connectivity index (χ2n) is 22.4. The third-order valence-corrected chi connectivity index (χ3v) is 14.6. The van der Waals surface area contributed by atoms with Gasteiger partial charge in [-0.05, 0) is 51.4 Å². The first-order valence-electron chi connectivity index (χ1n) is 30.5. The third-order valence-electron chi connectivity index (χ3n) is 14.6. The molecular weight excluding hydrogens is 1170 g/mol. The molecule has 88 heavy (non-hydrogen) atoms. The molecule has 33 heteroatoms. The van der Waals surface area contributed by atoms with Gasteiger partial charge < -0.3 is 138 Å². The molecule has 3 saturated heterocycles. The summed E-state index contributed by atoms with van der Waals surface area (Å²) in [6.07, 6.45) is -9.64. The summed E-state index contributed by atoms with van der Waals surface area (Å²) in [6, 6.07) is -3.03. The normalized spacial score (nSPS) is 27.9. The van der Waals surface area contributed by atoms with Crippen molar-refractivity contribution in [1.29, 1.82) is 0 Å². The molecule has 3 heterocycles. The van der Waals surface area contributed by atoms with E-state index in [4.69, 9.17) is 59.8 Å². The van der Waals surface area contributed by atoms with Crippen molar-refractivity contribution in [1.82, 2.24) is 31.9 Å². The molecular formula is C55H103N9O24. The van der Waals surface area contributed by atoms with E-state index in [9.17, 15) is 74.7 Å². The van der Waals surface area contributed by atoms with E-state index >= 15 is 0 Å². The average Bonchev–Trinajstić information content (AvgIpc) is 3.70. The maximum absolute atomic E-state index is 12.6. The Morgan fingerprint density at radius 1 is 0.364 bits per heavy atom. The van der Waals surface area contributed by atoms with Crippen LogP contribution in [-0.4, -0.2) is 292 Å². The molecule has 3 aliphatic rings. The van der Waals surface area contributed by atoms with Gasteiger partial charge in [0.15, 0.2) is 18.9 Å². The van der Waals surface area contributed by atoms with E-state index in [1.165, 1.54) is 0 Å². The highest BCUT2D eigenvalue weighted by Gasteiger charge is 2.45. The van der Waals surface area contributed by atoms with Crippen LogP contribution in [0.1, 0.15) is 96.8 Å². The third kappa shape index (κ3) is 30.4. The van der Waals surface area contributed by atoms with Crippen LogP contribution in [0.2, 0.25) is 0 Å². The van der Waals surface area contributed by atoms with Crippen molar-refractivity contribution >= 4 is 35.4 Å². The Morgan fingerprint density at radius 3 is 0.875 bits per heavy atom. The van der Waals surface area contributed by atoms with Gasteiger partial charge >= 0.3 is 0 Å². The summed E-state index contributed by atoms with van der Waals surface area (Å²) >= 11 is 0. The number of nitrogens with two attached hydrogens (primary N) is 3. The summed E-state index contributed by atoms with van der Waals surface area (Å²) in [5, 5.41) is 105. The molecule has 0 aromatic carbocycles. The molecule has 512 valence electrons. The molecule has 0 aliphatic carbocycles. The molecule has 0 aromatic rings. The van der Waals surface area contributed by atoms with Gasteiger partial charge in [0.05, 0.1) is 77.6 Å². The zero-order valence-corrected chi connectivity index (χ0v) is 50.7. The Kier molecular flexibility index (Phi) is 39.5. The maximum atomic E-state index is 12.6. The molecule has 15 atom stereocenters. The van der Waals surface area contributed by atoms with Crippen LogP contribution in [0.15, 0.2) is 0 Å². The number of nitrogens with one attached hydrogen (secondary N) is 6. The highest BCUT2D eigenvalue weighted by atomic mass is 16.7. The molecule has 0 spiro atoms. The monoisotopic (exact) mass is 1270 g/mol. The lowest BCUT2D eigenvalue weighted by molar-refractivity contribution is -0.265. The molecule has 21 N–H and O–H groups in total. The molecule has 15 unspecified atom stereocenters. The van der Waals surface area contributed by atoms with Crippen LogP contribution in [-0.2, 0) is 71.4 Å². The van der Waals surface area contributed by atoms with Gasteiger partial charge in [0.1, 0.15) is 54.9 Å². The lowest BCUT2D eigenvalue weighted by Crippen LogP contribution is -2.62. The SMILES string of the molecule is CC(COCCC(=O)NCCCNC(=O)CCCCOC1OC(CO)C(O)C(O)C1N)(COCCC(=O)NCCCNC(=O)CCCCOC1OC(CO)C(O)C(O)C1N)COCCC(=O)NCCNC(=O)CCCCOC1OC(CO)C(O)C(O)C1N. The Hall–Kier alpha value is -4.02. The number of rotatable bonds is 47. The first kappa shape index (κ1) is 78.2. The molecule has 6 amide bonds. The molecule has 0 radical (unpaired) electrons. The number of carbonyl (C=O) groups excluding carboxylic acids is 6. The largest absolute Gasteiger partial charge is 0.394 e. The van der Waals surface area contributed by atoms with E-state index in [1.54, 1.807) is 0 Å². The number of hydrogen-bond acceptors (Lipinski definition) is 27. The first-order valence-corrected chi connectivity index (χ1v) is 30.5. The van der Waals surface area contributed by atoms with Crippen LogP contribution < -0.4 is 49.1 Å². The van der Waals surface area contributed by atoms with Gasteiger partial charge in [-0.2, -0.15) is 0 Å². The first-order chi connectivity index (χ1) is 42.1. The zero-order valence-electron chi connectivity index (χ0n) is 50.7. The Bertz CT molecular complexity index is 1890. The van der Waals surface area contributed by atoms with Crippen LogP contribution in [0.25, 0.3) is 0 Å². The van der Waals surface area contributed by atoms with Crippen LogP contribution in [0.4, 0.5) is 0 Å². The van der Waals surface area contributed by atoms with Crippen LogP contribution in [0, 0.1) is 5.41 Å². The lowest BCUT2D eigenvalue weighted by atomic mass is 9.94. The van der Waals surface area contributed by atoms with Crippen LogP contribution in [0.5, 0.6) is 0 Å². The quantitative estimate of drug-likeness (QED) is 0.0252. The van der Waals surface area contributed by atoms with Crippen molar-refractivity contribution in [3.05, 3.63) is 0 Å². The van der Waals surface area contributed by atoms with E-state index in [0.717, 1.165) is 0 Å². The van der Waals surface area contributed by atoms with Gasteiger partial charge in [-0.1, -0.05) is 6.92 Å². The minimum atomic E-state index is -1.35. The Labute approximate surface area is 513 Å². The second kappa shape index (κ2) is 44.5. The number of amides is 6. The number of hydrogen-bond donors (Lipinski definition) is 18. The summed E-state index contributed by atoms with van der Waals surface area (Å²) in [6.45, 7) is 2.85. The minimum absolute atomic E-state index is 0.00894. The molecule has 3 aliphatic heterocycles. The van der Waals surface area contributed by atoms with E-state index in [1.807, 2.05) is 6.92 Å². The predicted molar refractivity (Wildman–Crippen MR) is 308 cm³/mol. The van der Waals surface area contributed by atoms with E-state index in [2.05, 4.69) is 31.9 Å². The van der Waals surface area contributed by atoms with Crippen molar-refractivity contribution in [2.75, 3.05) is 119 Å². The maximum Gasteiger partial charge on any atom is 0.222 e. The minimum Gasteiger partial charge on any atom is -0.394 e. The van der Waals surface area contributed by atoms with Crippen molar-refractivity contribution < 1.29 is 117 Å². The number of ether oxygens (including phenoxy) is 9. The summed E-state index contributed by atoms with van der Waals surface area (Å²) in [5.74, 6) is -1.46. The fraction of sp³-hybridized carbons (Fsp3) is 0.891. The summed E-state index contributed by atoms with van der Waals surface area (Å²) in [5.41, 5.74) is 16.9. The highest BCUT2D eigenvalue weighted by Crippen LogP contribution is 2.24. The fourth-order valence-corrected chi connectivity index (χ4v) is 9.12. The van der Waals surface area contributed by atoms with E-state index in [0.29, 0.717) is 77.5 Å². The van der Waals surface area contributed by atoms with Gasteiger partial charge in [0.25, 0.3) is 0 Å². The molecule has 0 aromatic heterocycles. The number of unbranched alkanes of at least 4 members (excludes halogenated alkanes) is 3. The van der Waals surface area contributed by atoms with Gasteiger partial charge in [-0.25, -0.2) is 0 Å². The zero-order chi connectivity index (χ0) is 64.9. The molecule has 33 nitrogen and oxygen atoms in total. The average molecular weight is 1270 g/mol. The van der Waals surface area contributed by atoms with Gasteiger partial charge in [0.2, 0.25) is 35.4 Å². The van der Waals surface area contributed by atoms with Gasteiger partial charge in [0, 0.05) is 103 Å². The van der Waals surface area contributed by atoms with Crippen molar-refractivity contribution in [3.8, 4) is 0 Å². The number of aliphatic hydroxyl groups excluding tert-OH is 9. The Morgan fingerprint density at radius 2 is 0.614 bits per heavy atom. The Balaban J connectivity index is 1.30. The lowest BCUT2D eigenvalue weighted by Gasteiger charge is -2.40. The summed E-state index contributed by atoms with van der Waals surface area (Å²) in [4.78, 5) is 74.8. The second-order valence-corrected chi connectivity index (χ2v) is 22.4. The van der Waals surface area contributed by atoms with Crippen LogP contribution >= 0.6 is 0 Å². The van der Waals surface area contributed by atoms with E-state index < -0.39 is 117 Å². The van der Waals surface area contributed by atoms with Crippen molar-refractivity contribution in [3.63, 3.8) is 0 Å². The van der Waals surface area contributed by atoms with Crippen molar-refractivity contribution in [2.24, 2.45) is 22.6 Å². The standard InChI is InChI=1S/C55H103N9O24/c1-55(33-82-27-15-42(73)64-21-20-63-39(70)12-4-7-24-85-54-45(58)51(79)48(76)36(30-67)88-54,31-80-25-13-40(71)61-18-8-16-59-37(68)10-2-5-22-83-52-43(56)49(77)46(74)34(28-65)86-52)32-81-26-14-41(72)62-19-9-17-60-38(69)11-3-6-23-84-53-44(57)50(78)47(75)35(29-66)87-53/h34-36,43-54,65-67,74-79H,2-33,56-58H2,1H3,(H,59,68)(H,60,69)(H,61,71)(H,62,72)(H,63,70)(H,64,73). The van der Waals surface area contributed by atoms with Crippen LogP contribution in [0.3, 0.4) is 0 Å². The molecule has 3 rings (SSSR count). The topological polar surface area (TPSA) is 518 Å². The van der Waals surface area contributed by atoms with Crippen molar-refractivity contribution in [2.45, 2.75) is 189 Å². The summed E-state index contributed by atoms with van der Waals surface area (Å²) in [7, 11) is 0. The summed E-state index contributed by atoms with van der Waals surface area (Å²) < 4.78 is 50.6. The molecule has 0 bridgehead atoms. The molecule has 3 fully saturated rings. The van der Waals surface area contributed by atoms with E-state index in [-0.39, 0.29) is 147 Å².